The van der Waals surface area contributed by atoms with Crippen LogP contribution in [0.25, 0.3) is 0 Å². The lowest BCUT2D eigenvalue weighted by molar-refractivity contribution is 0.188. The Bertz CT molecular complexity index is 391. The third kappa shape index (κ3) is 9.91. The van der Waals surface area contributed by atoms with Crippen LogP contribution >= 0.6 is 8.38 Å². The second-order valence-electron chi connectivity index (χ2n) is 8.95. The summed E-state index contributed by atoms with van der Waals surface area (Å²) in [5.74, 6) is 0. The van der Waals surface area contributed by atoms with Gasteiger partial charge in [-0.15, -0.1) is 0 Å². The van der Waals surface area contributed by atoms with Crippen molar-refractivity contribution in [1.82, 2.24) is 0 Å². The molecule has 0 aromatic carbocycles. The SMILES string of the molecule is CCCCCCC1=C(P(O)O)CCC(CCCCCC)(CCCCCC)C1. The third-order valence-corrected chi connectivity index (χ3v) is 7.61. The van der Waals surface area contributed by atoms with E-state index in [2.05, 4.69) is 20.8 Å². The van der Waals surface area contributed by atoms with Gasteiger partial charge in [0.2, 0.25) is 0 Å². The van der Waals surface area contributed by atoms with Crippen molar-refractivity contribution in [2.24, 2.45) is 5.41 Å². The molecule has 0 atom stereocenters. The molecule has 1 rings (SSSR count). The van der Waals surface area contributed by atoms with E-state index < -0.39 is 8.38 Å². The van der Waals surface area contributed by atoms with Gasteiger partial charge in [-0.2, -0.15) is 0 Å². The lowest BCUT2D eigenvalue weighted by Crippen LogP contribution is -2.26. The summed E-state index contributed by atoms with van der Waals surface area (Å²) < 4.78 is 0. The number of allylic oxidation sites excluding steroid dienone is 2. The lowest BCUT2D eigenvalue weighted by atomic mass is 9.67. The second-order valence-corrected chi connectivity index (χ2v) is 10.1. The van der Waals surface area contributed by atoms with Gasteiger partial charge < -0.3 is 9.79 Å². The molecule has 0 bridgehead atoms. The van der Waals surface area contributed by atoms with Crippen molar-refractivity contribution in [1.29, 1.82) is 0 Å². The normalized spacial score (nSPS) is 17.1. The molecule has 27 heavy (non-hydrogen) atoms. The average Bonchev–Trinajstić information content (AvgIpc) is 2.66. The molecule has 2 nitrogen and oxygen atoms in total. The summed E-state index contributed by atoms with van der Waals surface area (Å²) in [6, 6.07) is 0. The first-order chi connectivity index (χ1) is 13.1. The topological polar surface area (TPSA) is 40.5 Å². The molecule has 160 valence electrons. The number of hydrogen-bond acceptors (Lipinski definition) is 2. The molecule has 0 spiro atoms. The van der Waals surface area contributed by atoms with Gasteiger partial charge in [-0.05, 0) is 50.4 Å². The van der Waals surface area contributed by atoms with E-state index in [1.807, 2.05) is 0 Å². The van der Waals surface area contributed by atoms with E-state index in [1.165, 1.54) is 102 Å². The zero-order valence-corrected chi connectivity index (χ0v) is 19.5. The third-order valence-electron chi connectivity index (χ3n) is 6.58. The summed E-state index contributed by atoms with van der Waals surface area (Å²) >= 11 is 0. The van der Waals surface area contributed by atoms with E-state index >= 15 is 0 Å². The average molecular weight is 399 g/mol. The molecule has 0 amide bonds. The molecule has 1 aliphatic carbocycles. The van der Waals surface area contributed by atoms with E-state index in [-0.39, 0.29) is 0 Å². The Morgan fingerprint density at radius 3 is 1.74 bits per heavy atom. The highest BCUT2D eigenvalue weighted by atomic mass is 31.2. The lowest BCUT2D eigenvalue weighted by Gasteiger charge is -2.40. The Balaban J connectivity index is 2.77. The number of unbranched alkanes of at least 4 members (excludes halogenated alkanes) is 9. The molecule has 1 aliphatic rings. The molecule has 0 aromatic rings. The smallest absolute Gasteiger partial charge is 0.195 e. The van der Waals surface area contributed by atoms with Gasteiger partial charge in [-0.1, -0.05) is 97.0 Å². The minimum atomic E-state index is -1.88. The Kier molecular flexibility index (Phi) is 14.0. The predicted molar refractivity (Wildman–Crippen MR) is 121 cm³/mol. The molecular formula is C24H47O2P. The van der Waals surface area contributed by atoms with E-state index in [0.29, 0.717) is 5.41 Å². The van der Waals surface area contributed by atoms with E-state index in [9.17, 15) is 9.79 Å². The fourth-order valence-electron chi connectivity index (χ4n) is 4.85. The molecule has 0 aromatic heterocycles. The van der Waals surface area contributed by atoms with E-state index in [0.717, 1.165) is 24.6 Å². The Labute approximate surface area is 171 Å². The standard InChI is InChI=1S/C24H47O2P/c1-4-7-10-13-16-22-21-24(18-14-11-8-5-2,19-15-12-9-6-3)20-17-23(22)27(25)26/h25-26H,4-21H2,1-3H3. The Morgan fingerprint density at radius 2 is 1.26 bits per heavy atom. The monoisotopic (exact) mass is 398 g/mol. The molecule has 0 radical (unpaired) electrons. The molecule has 2 N–H and O–H groups in total. The van der Waals surface area contributed by atoms with Crippen molar-refractivity contribution >= 4 is 8.38 Å². The van der Waals surface area contributed by atoms with Crippen LogP contribution in [0.5, 0.6) is 0 Å². The summed E-state index contributed by atoms with van der Waals surface area (Å²) in [6.45, 7) is 6.83. The molecule has 0 aliphatic heterocycles. The highest BCUT2D eigenvalue weighted by Gasteiger charge is 2.35. The first kappa shape index (κ1) is 25.1. The maximum Gasteiger partial charge on any atom is 0.195 e. The van der Waals surface area contributed by atoms with Gasteiger partial charge in [0.1, 0.15) is 0 Å². The zero-order chi connectivity index (χ0) is 20.0. The van der Waals surface area contributed by atoms with Gasteiger partial charge >= 0.3 is 0 Å². The number of hydrogen-bond donors (Lipinski definition) is 2. The van der Waals surface area contributed by atoms with Crippen LogP contribution in [0.3, 0.4) is 0 Å². The van der Waals surface area contributed by atoms with E-state index in [4.69, 9.17) is 0 Å². The van der Waals surface area contributed by atoms with Crippen LogP contribution in [0.1, 0.15) is 136 Å². The molecule has 0 heterocycles. The van der Waals surface area contributed by atoms with Crippen molar-refractivity contribution in [2.75, 3.05) is 0 Å². The summed E-state index contributed by atoms with van der Waals surface area (Å²) in [4.78, 5) is 20.0. The van der Waals surface area contributed by atoms with Gasteiger partial charge in [0.05, 0.1) is 0 Å². The molecule has 0 saturated heterocycles. The molecule has 0 unspecified atom stereocenters. The van der Waals surface area contributed by atoms with Crippen LogP contribution in [-0.4, -0.2) is 9.79 Å². The largest absolute Gasteiger partial charge is 0.347 e. The van der Waals surface area contributed by atoms with Crippen molar-refractivity contribution in [3.63, 3.8) is 0 Å². The Morgan fingerprint density at radius 1 is 0.741 bits per heavy atom. The van der Waals surface area contributed by atoms with Crippen LogP contribution < -0.4 is 0 Å². The van der Waals surface area contributed by atoms with Crippen LogP contribution in [0.4, 0.5) is 0 Å². The van der Waals surface area contributed by atoms with Gasteiger partial charge in [0.15, 0.2) is 8.38 Å². The summed E-state index contributed by atoms with van der Waals surface area (Å²) in [5.41, 5.74) is 1.87. The minimum Gasteiger partial charge on any atom is -0.347 e. The quantitative estimate of drug-likeness (QED) is 0.202. The first-order valence-electron chi connectivity index (χ1n) is 12.0. The maximum absolute atomic E-state index is 9.98. The van der Waals surface area contributed by atoms with Crippen LogP contribution in [-0.2, 0) is 0 Å². The second kappa shape index (κ2) is 15.0. The first-order valence-corrected chi connectivity index (χ1v) is 13.2. The number of rotatable bonds is 16. The highest BCUT2D eigenvalue weighted by molar-refractivity contribution is 7.50. The minimum absolute atomic E-state index is 0.441. The fraction of sp³-hybridized carbons (Fsp3) is 0.917. The Hall–Kier alpha value is 0.0900. The van der Waals surface area contributed by atoms with Crippen LogP contribution in [0.15, 0.2) is 10.9 Å². The van der Waals surface area contributed by atoms with Gasteiger partial charge in [-0.25, -0.2) is 0 Å². The molecule has 0 fully saturated rings. The van der Waals surface area contributed by atoms with Gasteiger partial charge in [0, 0.05) is 5.31 Å². The van der Waals surface area contributed by atoms with Gasteiger partial charge in [-0.3, -0.25) is 0 Å². The van der Waals surface area contributed by atoms with Gasteiger partial charge in [0.25, 0.3) is 0 Å². The highest BCUT2D eigenvalue weighted by Crippen LogP contribution is 2.54. The maximum atomic E-state index is 9.98. The summed E-state index contributed by atoms with van der Waals surface area (Å²) in [5, 5.41) is 1.03. The molecule has 3 heteroatoms. The van der Waals surface area contributed by atoms with E-state index in [1.54, 1.807) is 0 Å². The summed E-state index contributed by atoms with van der Waals surface area (Å²) in [7, 11) is -1.88. The van der Waals surface area contributed by atoms with Crippen molar-refractivity contribution < 1.29 is 9.79 Å². The summed E-state index contributed by atoms with van der Waals surface area (Å²) in [6.07, 6.45) is 22.9. The van der Waals surface area contributed by atoms with Crippen molar-refractivity contribution in [2.45, 2.75) is 136 Å². The fourth-order valence-corrected chi connectivity index (χ4v) is 5.63. The predicted octanol–water partition coefficient (Wildman–Crippen LogP) is 8.62. The molecular weight excluding hydrogens is 351 g/mol. The molecule has 0 saturated carbocycles. The van der Waals surface area contributed by atoms with Crippen LogP contribution in [0.2, 0.25) is 0 Å². The zero-order valence-electron chi connectivity index (χ0n) is 18.6. The van der Waals surface area contributed by atoms with Crippen LogP contribution in [0, 0.1) is 5.41 Å². The van der Waals surface area contributed by atoms with Crippen molar-refractivity contribution in [3.05, 3.63) is 10.9 Å². The van der Waals surface area contributed by atoms with Crippen molar-refractivity contribution in [3.8, 4) is 0 Å².